The number of aromatic nitrogens is 1. The maximum Gasteiger partial charge on any atom is 0.0581 e. The molecule has 2 nitrogen and oxygen atoms in total. The van der Waals surface area contributed by atoms with Crippen molar-refractivity contribution < 1.29 is 0 Å². The van der Waals surface area contributed by atoms with Crippen LogP contribution in [0.2, 0.25) is 0 Å². The molecule has 0 aliphatic carbocycles. The number of nitrogens with zero attached hydrogens (tertiary/aromatic N) is 1. The van der Waals surface area contributed by atoms with E-state index in [0.717, 1.165) is 5.69 Å². The van der Waals surface area contributed by atoms with Crippen molar-refractivity contribution >= 4 is 17.0 Å². The van der Waals surface area contributed by atoms with Gasteiger partial charge in [0.05, 0.1) is 11.7 Å². The molecule has 2 aromatic heterocycles. The SMILES string of the molecule is Cc1cncc(NC(C)c2sccc2C)c1. The highest BCUT2D eigenvalue weighted by molar-refractivity contribution is 7.10. The van der Waals surface area contributed by atoms with Gasteiger partial charge >= 0.3 is 0 Å². The third kappa shape index (κ3) is 2.42. The van der Waals surface area contributed by atoms with E-state index in [-0.39, 0.29) is 0 Å². The zero-order valence-corrected chi connectivity index (χ0v) is 10.6. The molecule has 0 saturated heterocycles. The highest BCUT2D eigenvalue weighted by atomic mass is 32.1. The van der Waals surface area contributed by atoms with Gasteiger partial charge in [-0.1, -0.05) is 0 Å². The number of hydrogen-bond acceptors (Lipinski definition) is 3. The van der Waals surface area contributed by atoms with Crippen LogP contribution in [0.5, 0.6) is 0 Å². The molecule has 2 rings (SSSR count). The topological polar surface area (TPSA) is 24.9 Å². The minimum Gasteiger partial charge on any atom is -0.376 e. The summed E-state index contributed by atoms with van der Waals surface area (Å²) in [4.78, 5) is 5.57. The number of nitrogens with one attached hydrogen (secondary N) is 1. The molecule has 0 spiro atoms. The van der Waals surface area contributed by atoms with E-state index in [4.69, 9.17) is 0 Å². The van der Waals surface area contributed by atoms with Crippen LogP contribution >= 0.6 is 11.3 Å². The molecule has 84 valence electrons. The van der Waals surface area contributed by atoms with Crippen molar-refractivity contribution in [3.05, 3.63) is 45.9 Å². The number of rotatable bonds is 3. The van der Waals surface area contributed by atoms with Gasteiger partial charge in [0.15, 0.2) is 0 Å². The van der Waals surface area contributed by atoms with Crippen molar-refractivity contribution in [1.29, 1.82) is 0 Å². The Morgan fingerprint density at radius 3 is 2.75 bits per heavy atom. The van der Waals surface area contributed by atoms with Gasteiger partial charge in [-0.15, -0.1) is 11.3 Å². The maximum absolute atomic E-state index is 4.18. The minimum absolute atomic E-state index is 0.337. The van der Waals surface area contributed by atoms with E-state index in [0.29, 0.717) is 6.04 Å². The molecular weight excluding hydrogens is 216 g/mol. The second kappa shape index (κ2) is 4.66. The van der Waals surface area contributed by atoms with Crippen molar-refractivity contribution in [3.63, 3.8) is 0 Å². The van der Waals surface area contributed by atoms with Crippen LogP contribution < -0.4 is 5.32 Å². The zero-order valence-electron chi connectivity index (χ0n) is 9.82. The summed E-state index contributed by atoms with van der Waals surface area (Å²) in [5.41, 5.74) is 3.62. The molecule has 16 heavy (non-hydrogen) atoms. The number of hydrogen-bond donors (Lipinski definition) is 1. The van der Waals surface area contributed by atoms with Crippen molar-refractivity contribution in [2.24, 2.45) is 0 Å². The molecule has 0 bridgehead atoms. The lowest BCUT2D eigenvalue weighted by molar-refractivity contribution is 0.896. The number of pyridine rings is 1. The fraction of sp³-hybridized carbons (Fsp3) is 0.308. The molecule has 2 heterocycles. The number of anilines is 1. The molecule has 0 saturated carbocycles. The van der Waals surface area contributed by atoms with Gasteiger partial charge < -0.3 is 5.32 Å². The molecule has 1 unspecified atom stereocenters. The summed E-state index contributed by atoms with van der Waals surface area (Å²) in [6.07, 6.45) is 3.73. The van der Waals surface area contributed by atoms with Gasteiger partial charge in [0.1, 0.15) is 0 Å². The smallest absolute Gasteiger partial charge is 0.0581 e. The van der Waals surface area contributed by atoms with Gasteiger partial charge in [0.25, 0.3) is 0 Å². The predicted molar refractivity (Wildman–Crippen MR) is 70.1 cm³/mol. The van der Waals surface area contributed by atoms with Gasteiger partial charge in [-0.05, 0) is 49.4 Å². The standard InChI is InChI=1S/C13H16N2S/c1-9-6-12(8-14-7-9)15-11(3)13-10(2)4-5-16-13/h4-8,11,15H,1-3H3. The van der Waals surface area contributed by atoms with Gasteiger partial charge in [-0.25, -0.2) is 0 Å². The molecule has 1 atom stereocenters. The Hall–Kier alpha value is -1.35. The molecule has 2 aromatic rings. The second-order valence-corrected chi connectivity index (χ2v) is 5.03. The number of aryl methyl sites for hydroxylation is 2. The average molecular weight is 232 g/mol. The monoisotopic (exact) mass is 232 g/mol. The van der Waals surface area contributed by atoms with Crippen LogP contribution in [0.1, 0.15) is 29.0 Å². The molecule has 0 aliphatic heterocycles. The fourth-order valence-electron chi connectivity index (χ4n) is 1.78. The lowest BCUT2D eigenvalue weighted by Gasteiger charge is -2.14. The van der Waals surface area contributed by atoms with Crippen molar-refractivity contribution in [2.45, 2.75) is 26.8 Å². The third-order valence-corrected chi connectivity index (χ3v) is 3.75. The van der Waals surface area contributed by atoms with Crippen LogP contribution in [0.4, 0.5) is 5.69 Å². The minimum atomic E-state index is 0.337. The van der Waals surface area contributed by atoms with E-state index in [1.807, 2.05) is 12.4 Å². The van der Waals surface area contributed by atoms with Gasteiger partial charge in [0, 0.05) is 17.3 Å². The third-order valence-electron chi connectivity index (χ3n) is 2.55. The average Bonchev–Trinajstić information content (AvgIpc) is 2.64. The first-order valence-corrected chi connectivity index (χ1v) is 6.27. The zero-order chi connectivity index (χ0) is 11.5. The van der Waals surface area contributed by atoms with E-state index in [1.165, 1.54) is 16.0 Å². The molecular formula is C13H16N2S. The first-order valence-electron chi connectivity index (χ1n) is 5.39. The Morgan fingerprint density at radius 1 is 1.31 bits per heavy atom. The van der Waals surface area contributed by atoms with Crippen LogP contribution in [0, 0.1) is 13.8 Å². The van der Waals surface area contributed by atoms with Crippen LogP contribution in [-0.2, 0) is 0 Å². The van der Waals surface area contributed by atoms with Crippen LogP contribution in [0.3, 0.4) is 0 Å². The van der Waals surface area contributed by atoms with Crippen LogP contribution in [0.15, 0.2) is 29.9 Å². The van der Waals surface area contributed by atoms with E-state index >= 15 is 0 Å². The second-order valence-electron chi connectivity index (χ2n) is 4.08. The van der Waals surface area contributed by atoms with Gasteiger partial charge in [0.2, 0.25) is 0 Å². The van der Waals surface area contributed by atoms with E-state index in [1.54, 1.807) is 11.3 Å². The summed E-state index contributed by atoms with van der Waals surface area (Å²) in [7, 11) is 0. The molecule has 0 radical (unpaired) electrons. The lowest BCUT2D eigenvalue weighted by atomic mass is 10.2. The van der Waals surface area contributed by atoms with Crippen LogP contribution in [0.25, 0.3) is 0 Å². The van der Waals surface area contributed by atoms with Crippen molar-refractivity contribution in [3.8, 4) is 0 Å². The normalized spacial score (nSPS) is 12.4. The van der Waals surface area contributed by atoms with Gasteiger partial charge in [-0.3, -0.25) is 4.98 Å². The molecule has 3 heteroatoms. The fourth-order valence-corrected chi connectivity index (χ4v) is 2.71. The first kappa shape index (κ1) is 11.1. The van der Waals surface area contributed by atoms with E-state index < -0.39 is 0 Å². The lowest BCUT2D eigenvalue weighted by Crippen LogP contribution is -2.06. The summed E-state index contributed by atoms with van der Waals surface area (Å²) in [5, 5.41) is 5.61. The van der Waals surface area contributed by atoms with E-state index in [2.05, 4.69) is 48.6 Å². The Morgan fingerprint density at radius 2 is 2.12 bits per heavy atom. The van der Waals surface area contributed by atoms with E-state index in [9.17, 15) is 0 Å². The largest absolute Gasteiger partial charge is 0.376 e. The highest BCUT2D eigenvalue weighted by Crippen LogP contribution is 2.26. The predicted octanol–water partition coefficient (Wildman–Crippen LogP) is 3.93. The molecule has 0 amide bonds. The Bertz CT molecular complexity index is 476. The summed E-state index contributed by atoms with van der Waals surface area (Å²) < 4.78 is 0. The summed E-state index contributed by atoms with van der Waals surface area (Å²) in [5.74, 6) is 0. The summed E-state index contributed by atoms with van der Waals surface area (Å²) in [6.45, 7) is 6.39. The molecule has 1 N–H and O–H groups in total. The quantitative estimate of drug-likeness (QED) is 0.867. The summed E-state index contributed by atoms with van der Waals surface area (Å²) >= 11 is 1.80. The molecule has 0 aromatic carbocycles. The molecule has 0 fully saturated rings. The Labute approximate surface area is 100 Å². The number of thiophene rings is 1. The van der Waals surface area contributed by atoms with Gasteiger partial charge in [-0.2, -0.15) is 0 Å². The summed E-state index contributed by atoms with van der Waals surface area (Å²) in [6, 6.07) is 4.61. The maximum atomic E-state index is 4.18. The highest BCUT2D eigenvalue weighted by Gasteiger charge is 2.09. The van der Waals surface area contributed by atoms with Crippen LogP contribution in [-0.4, -0.2) is 4.98 Å². The Kier molecular flexibility index (Phi) is 3.25. The van der Waals surface area contributed by atoms with Crippen molar-refractivity contribution in [1.82, 2.24) is 4.98 Å². The van der Waals surface area contributed by atoms with Crippen molar-refractivity contribution in [2.75, 3.05) is 5.32 Å². The Balaban J connectivity index is 2.14. The molecule has 0 aliphatic rings. The first-order chi connectivity index (χ1) is 7.66.